The lowest BCUT2D eigenvalue weighted by atomic mass is 10.3. The number of oxazole rings is 1. The molecular weight excluding hydrogens is 284 g/mol. The van der Waals surface area contributed by atoms with Crippen LogP contribution in [-0.4, -0.2) is 17.5 Å². The van der Waals surface area contributed by atoms with Gasteiger partial charge in [0.15, 0.2) is 16.2 Å². The van der Waals surface area contributed by atoms with Crippen molar-refractivity contribution in [1.82, 2.24) is 9.13 Å². The first-order chi connectivity index (χ1) is 9.43. The predicted molar refractivity (Wildman–Crippen MR) is 69.0 cm³/mol. The van der Waals surface area contributed by atoms with E-state index in [1.807, 2.05) is 0 Å². The normalized spacial score (nSPS) is 12.1. The molecular formula is C12H10N2O5S. The summed E-state index contributed by atoms with van der Waals surface area (Å²) in [7, 11) is -4.12. The first-order valence-corrected chi connectivity index (χ1v) is 7.16. The minimum absolute atomic E-state index is 0.119. The summed E-state index contributed by atoms with van der Waals surface area (Å²) in [6.45, 7) is 2.97. The number of rotatable bonds is 2. The maximum atomic E-state index is 12.6. The van der Waals surface area contributed by atoms with Crippen molar-refractivity contribution in [2.75, 3.05) is 0 Å². The van der Waals surface area contributed by atoms with E-state index in [1.54, 1.807) is 12.1 Å². The van der Waals surface area contributed by atoms with Gasteiger partial charge < -0.3 is 8.94 Å². The molecule has 0 aliphatic carbocycles. The number of nitrogens with zero attached hydrogens (tertiary/aromatic N) is 2. The van der Waals surface area contributed by atoms with Crippen LogP contribution in [0.5, 0.6) is 0 Å². The molecule has 7 nitrogen and oxygen atoms in total. The first kappa shape index (κ1) is 12.7. The number of hydrogen-bond acceptors (Lipinski definition) is 6. The highest BCUT2D eigenvalue weighted by Crippen LogP contribution is 2.24. The standard InChI is InChI=1S/C12H10N2O5S/c1-7-11(8(2)19-13-7)20(16,17)14-9-5-3-4-6-10(9)18-12(14)15/h3-6H,1-2H3. The second-order valence-electron chi connectivity index (χ2n) is 4.26. The van der Waals surface area contributed by atoms with Crippen LogP contribution < -0.4 is 5.76 Å². The maximum Gasteiger partial charge on any atom is 0.434 e. The lowest BCUT2D eigenvalue weighted by Crippen LogP contribution is -2.24. The van der Waals surface area contributed by atoms with Crippen molar-refractivity contribution in [1.29, 1.82) is 0 Å². The van der Waals surface area contributed by atoms with E-state index in [0.717, 1.165) is 0 Å². The minimum atomic E-state index is -4.12. The van der Waals surface area contributed by atoms with Gasteiger partial charge in [-0.05, 0) is 26.0 Å². The molecule has 0 spiro atoms. The van der Waals surface area contributed by atoms with Crippen LogP contribution in [0.25, 0.3) is 11.1 Å². The molecule has 0 saturated carbocycles. The summed E-state index contributed by atoms with van der Waals surface area (Å²) in [4.78, 5) is 11.7. The van der Waals surface area contributed by atoms with Gasteiger partial charge in [0.25, 0.3) is 10.0 Å². The van der Waals surface area contributed by atoms with Crippen LogP contribution in [-0.2, 0) is 10.0 Å². The van der Waals surface area contributed by atoms with Crippen molar-refractivity contribution in [2.45, 2.75) is 18.7 Å². The van der Waals surface area contributed by atoms with Crippen LogP contribution in [0.4, 0.5) is 0 Å². The molecule has 104 valence electrons. The summed E-state index contributed by atoms with van der Waals surface area (Å²) in [5, 5.41) is 3.60. The Hall–Kier alpha value is -2.35. The molecule has 0 N–H and O–H groups in total. The molecule has 0 bridgehead atoms. The number of fused-ring (bicyclic) bond motifs is 1. The summed E-state index contributed by atoms with van der Waals surface area (Å²) in [5.74, 6) is -0.842. The molecule has 0 radical (unpaired) electrons. The molecule has 0 atom stereocenters. The van der Waals surface area contributed by atoms with E-state index in [9.17, 15) is 13.2 Å². The highest BCUT2D eigenvalue weighted by molar-refractivity contribution is 7.90. The molecule has 3 aromatic rings. The number of aromatic nitrogens is 2. The average Bonchev–Trinajstić information content (AvgIpc) is 2.88. The smallest absolute Gasteiger partial charge is 0.407 e. The Labute approximate surface area is 113 Å². The second kappa shape index (κ2) is 4.07. The molecule has 0 fully saturated rings. The van der Waals surface area contributed by atoms with Gasteiger partial charge in [0.2, 0.25) is 0 Å². The number of aryl methyl sites for hydroxylation is 2. The van der Waals surface area contributed by atoms with E-state index in [0.29, 0.717) is 3.97 Å². The molecule has 2 heterocycles. The monoisotopic (exact) mass is 294 g/mol. The summed E-state index contributed by atoms with van der Waals surface area (Å²) in [6, 6.07) is 6.29. The van der Waals surface area contributed by atoms with E-state index in [1.165, 1.54) is 26.0 Å². The Balaban J connectivity index is 2.42. The molecule has 0 amide bonds. The second-order valence-corrected chi connectivity index (χ2v) is 5.98. The molecule has 0 aliphatic rings. The Kier molecular flexibility index (Phi) is 2.58. The van der Waals surface area contributed by atoms with Crippen molar-refractivity contribution in [3.05, 3.63) is 46.3 Å². The van der Waals surface area contributed by atoms with E-state index in [-0.39, 0.29) is 27.4 Å². The Bertz CT molecular complexity index is 942. The van der Waals surface area contributed by atoms with Crippen molar-refractivity contribution < 1.29 is 17.4 Å². The average molecular weight is 294 g/mol. The first-order valence-electron chi connectivity index (χ1n) is 5.72. The topological polar surface area (TPSA) is 95.3 Å². The van der Waals surface area contributed by atoms with Gasteiger partial charge in [0, 0.05) is 0 Å². The third-order valence-electron chi connectivity index (χ3n) is 2.91. The van der Waals surface area contributed by atoms with Crippen molar-refractivity contribution in [2.24, 2.45) is 0 Å². The Morgan fingerprint density at radius 1 is 1.20 bits per heavy atom. The quantitative estimate of drug-likeness (QED) is 0.709. The SMILES string of the molecule is Cc1noc(C)c1S(=O)(=O)n1c(=O)oc2ccccc21. The fraction of sp³-hybridized carbons (Fsp3) is 0.167. The largest absolute Gasteiger partial charge is 0.434 e. The van der Waals surface area contributed by atoms with E-state index >= 15 is 0 Å². The lowest BCUT2D eigenvalue weighted by molar-refractivity contribution is 0.390. The van der Waals surface area contributed by atoms with Crippen LogP contribution in [0.1, 0.15) is 11.5 Å². The van der Waals surface area contributed by atoms with Crippen molar-refractivity contribution in [3.8, 4) is 0 Å². The van der Waals surface area contributed by atoms with Crippen LogP contribution in [0.15, 0.2) is 42.9 Å². The van der Waals surface area contributed by atoms with Gasteiger partial charge in [-0.1, -0.05) is 17.3 Å². The van der Waals surface area contributed by atoms with Gasteiger partial charge in [-0.2, -0.15) is 3.97 Å². The Morgan fingerprint density at radius 2 is 1.90 bits per heavy atom. The third-order valence-corrected chi connectivity index (χ3v) is 4.84. The van der Waals surface area contributed by atoms with Crippen molar-refractivity contribution in [3.63, 3.8) is 0 Å². The summed E-state index contributed by atoms with van der Waals surface area (Å²) < 4.78 is 35.7. The van der Waals surface area contributed by atoms with Gasteiger partial charge in [0.1, 0.15) is 11.2 Å². The van der Waals surface area contributed by atoms with E-state index in [4.69, 9.17) is 8.94 Å². The molecule has 0 saturated heterocycles. The van der Waals surface area contributed by atoms with Gasteiger partial charge in [0.05, 0.1) is 0 Å². The van der Waals surface area contributed by atoms with Gasteiger partial charge in [-0.15, -0.1) is 0 Å². The van der Waals surface area contributed by atoms with Crippen LogP contribution in [0.2, 0.25) is 0 Å². The van der Waals surface area contributed by atoms with E-state index in [2.05, 4.69) is 5.16 Å². The summed E-state index contributed by atoms with van der Waals surface area (Å²) in [6.07, 6.45) is 0. The zero-order valence-electron chi connectivity index (χ0n) is 10.7. The summed E-state index contributed by atoms with van der Waals surface area (Å²) in [5.41, 5.74) is 0.574. The van der Waals surface area contributed by atoms with Gasteiger partial charge in [-0.3, -0.25) is 0 Å². The van der Waals surface area contributed by atoms with Crippen molar-refractivity contribution >= 4 is 21.1 Å². The molecule has 3 rings (SSSR count). The molecule has 8 heteroatoms. The van der Waals surface area contributed by atoms with Gasteiger partial charge in [-0.25, -0.2) is 13.2 Å². The van der Waals surface area contributed by atoms with Crippen LogP contribution >= 0.6 is 0 Å². The number of hydrogen-bond donors (Lipinski definition) is 0. The van der Waals surface area contributed by atoms with Gasteiger partial charge >= 0.3 is 5.76 Å². The fourth-order valence-electron chi connectivity index (χ4n) is 2.11. The lowest BCUT2D eigenvalue weighted by Gasteiger charge is -2.03. The highest BCUT2D eigenvalue weighted by atomic mass is 32.2. The molecule has 1 aromatic carbocycles. The van der Waals surface area contributed by atoms with E-state index < -0.39 is 15.8 Å². The maximum absolute atomic E-state index is 12.6. The van der Waals surface area contributed by atoms with Crippen LogP contribution in [0.3, 0.4) is 0 Å². The molecule has 0 unspecified atom stereocenters. The summed E-state index contributed by atoms with van der Waals surface area (Å²) >= 11 is 0. The number of benzene rings is 1. The third kappa shape index (κ3) is 1.61. The highest BCUT2D eigenvalue weighted by Gasteiger charge is 2.30. The zero-order chi connectivity index (χ0) is 14.5. The zero-order valence-corrected chi connectivity index (χ0v) is 11.5. The molecule has 0 aliphatic heterocycles. The Morgan fingerprint density at radius 3 is 2.55 bits per heavy atom. The van der Waals surface area contributed by atoms with Crippen LogP contribution in [0, 0.1) is 13.8 Å². The predicted octanol–water partition coefficient (Wildman–Crippen LogP) is 1.44. The molecule has 20 heavy (non-hydrogen) atoms. The number of para-hydroxylation sites is 2. The molecule has 2 aromatic heterocycles. The minimum Gasteiger partial charge on any atom is -0.407 e. The fourth-order valence-corrected chi connectivity index (χ4v) is 3.74.